The summed E-state index contributed by atoms with van der Waals surface area (Å²) >= 11 is 0. The van der Waals surface area contributed by atoms with E-state index in [2.05, 4.69) is 4.18 Å². The van der Waals surface area contributed by atoms with E-state index in [1.807, 2.05) is 0 Å². The molecule has 0 aliphatic heterocycles. The fraction of sp³-hybridized carbons (Fsp3) is 0.455. The van der Waals surface area contributed by atoms with Crippen LogP contribution in [0.1, 0.15) is 13.8 Å². The fourth-order valence-corrected chi connectivity index (χ4v) is 4.46. The molecule has 0 heterocycles. The summed E-state index contributed by atoms with van der Waals surface area (Å²) in [6.07, 6.45) is -1.34. The number of halogens is 3. The first-order chi connectivity index (χ1) is 9.44. The predicted molar refractivity (Wildman–Crippen MR) is 69.2 cm³/mol. The van der Waals surface area contributed by atoms with E-state index in [1.54, 1.807) is 13.8 Å². The summed E-state index contributed by atoms with van der Waals surface area (Å²) in [6, 6.07) is 0.408. The summed E-state index contributed by atoms with van der Waals surface area (Å²) in [6.45, 7) is 4.27. The lowest BCUT2D eigenvalue weighted by Crippen LogP contribution is -2.14. The van der Waals surface area contributed by atoms with Gasteiger partial charge in [-0.25, -0.2) is 13.2 Å². The molecule has 0 aromatic heterocycles. The summed E-state index contributed by atoms with van der Waals surface area (Å²) < 4.78 is 84.2. The minimum Gasteiger partial charge on any atom is -0.324 e. The average molecular weight is 346 g/mol. The Bertz CT molecular complexity index is 651. The molecule has 0 saturated carbocycles. The summed E-state index contributed by atoms with van der Waals surface area (Å²) in [7, 11) is -8.30. The van der Waals surface area contributed by atoms with E-state index in [1.165, 1.54) is 0 Å². The van der Waals surface area contributed by atoms with Gasteiger partial charge in [0.05, 0.1) is 6.10 Å². The van der Waals surface area contributed by atoms with Crippen molar-refractivity contribution in [3.8, 4) is 0 Å². The molecule has 21 heavy (non-hydrogen) atoms. The van der Waals surface area contributed by atoms with E-state index in [-0.39, 0.29) is 12.1 Å². The maximum Gasteiger partial charge on any atom is 0.303 e. The smallest absolute Gasteiger partial charge is 0.303 e. The van der Waals surface area contributed by atoms with Crippen LogP contribution >= 0.6 is 7.37 Å². The lowest BCUT2D eigenvalue weighted by atomic mass is 10.3. The molecule has 1 aromatic carbocycles. The van der Waals surface area contributed by atoms with Crippen molar-refractivity contribution in [2.45, 2.75) is 24.8 Å². The van der Waals surface area contributed by atoms with Gasteiger partial charge in [0.1, 0.15) is 23.8 Å². The maximum absolute atomic E-state index is 13.4. The van der Waals surface area contributed by atoms with Gasteiger partial charge in [0.25, 0.3) is 0 Å². The monoisotopic (exact) mass is 346 g/mol. The topological polar surface area (TPSA) is 69.7 Å². The second-order valence-electron chi connectivity index (χ2n) is 4.57. The van der Waals surface area contributed by atoms with Crippen LogP contribution in [0.3, 0.4) is 0 Å². The Kier molecular flexibility index (Phi) is 5.60. The van der Waals surface area contributed by atoms with Crippen LogP contribution in [0.15, 0.2) is 17.0 Å². The van der Waals surface area contributed by atoms with Crippen LogP contribution in [-0.2, 0) is 23.4 Å². The van der Waals surface area contributed by atoms with Crippen LogP contribution in [-0.4, -0.2) is 27.5 Å². The van der Waals surface area contributed by atoms with Crippen molar-refractivity contribution >= 4 is 17.5 Å². The first-order valence-electron chi connectivity index (χ1n) is 5.73. The number of hydrogen-bond donors (Lipinski definition) is 0. The van der Waals surface area contributed by atoms with Gasteiger partial charge in [-0.05, 0) is 13.8 Å². The second kappa shape index (κ2) is 6.48. The van der Waals surface area contributed by atoms with E-state index < -0.39 is 52.3 Å². The van der Waals surface area contributed by atoms with Crippen molar-refractivity contribution < 1.29 is 34.9 Å². The Balaban J connectivity index is 3.01. The Morgan fingerprint density at radius 2 is 1.67 bits per heavy atom. The highest BCUT2D eigenvalue weighted by Crippen LogP contribution is 2.44. The van der Waals surface area contributed by atoms with Gasteiger partial charge in [-0.2, -0.15) is 8.42 Å². The third-order valence-corrected chi connectivity index (χ3v) is 5.05. The SMILES string of the molecule is CC(C)OP(C)(=O)COS(=O)(=O)c1c(F)cc(F)cc1F. The van der Waals surface area contributed by atoms with Gasteiger partial charge in [-0.15, -0.1) is 0 Å². The quantitative estimate of drug-likeness (QED) is 0.585. The molecule has 0 aliphatic rings. The zero-order chi connectivity index (χ0) is 16.4. The minimum atomic E-state index is -4.88. The molecular weight excluding hydrogens is 332 g/mol. The lowest BCUT2D eigenvalue weighted by Gasteiger charge is -2.16. The molecule has 1 atom stereocenters. The molecule has 0 radical (unpaired) electrons. The van der Waals surface area contributed by atoms with Gasteiger partial charge in [0.2, 0.25) is 7.37 Å². The number of benzene rings is 1. The molecule has 0 aliphatic carbocycles. The van der Waals surface area contributed by atoms with Crippen LogP contribution in [0, 0.1) is 17.5 Å². The Morgan fingerprint density at radius 1 is 1.19 bits per heavy atom. The molecule has 1 aromatic rings. The number of hydrogen-bond acceptors (Lipinski definition) is 5. The molecule has 1 rings (SSSR count). The molecule has 0 bridgehead atoms. The molecule has 0 spiro atoms. The summed E-state index contributed by atoms with van der Waals surface area (Å²) in [4.78, 5) is -1.44. The summed E-state index contributed by atoms with van der Waals surface area (Å²) in [5.74, 6) is -4.54. The van der Waals surface area contributed by atoms with Crippen molar-refractivity contribution in [1.82, 2.24) is 0 Å². The Labute approximate surface area is 120 Å². The minimum absolute atomic E-state index is 0.204. The van der Waals surface area contributed by atoms with E-state index in [4.69, 9.17) is 4.52 Å². The van der Waals surface area contributed by atoms with Crippen molar-refractivity contribution in [3.05, 3.63) is 29.6 Å². The van der Waals surface area contributed by atoms with Crippen molar-refractivity contribution in [1.29, 1.82) is 0 Å². The summed E-state index contributed by atoms with van der Waals surface area (Å²) in [5.41, 5.74) is 0. The Hall–Kier alpha value is -0.890. The fourth-order valence-electron chi connectivity index (χ4n) is 1.47. The highest BCUT2D eigenvalue weighted by atomic mass is 32.2. The average Bonchev–Trinajstić information content (AvgIpc) is 2.23. The highest BCUT2D eigenvalue weighted by molar-refractivity contribution is 7.87. The highest BCUT2D eigenvalue weighted by Gasteiger charge is 2.29. The Morgan fingerprint density at radius 3 is 2.10 bits per heavy atom. The van der Waals surface area contributed by atoms with Gasteiger partial charge >= 0.3 is 10.1 Å². The predicted octanol–water partition coefficient (Wildman–Crippen LogP) is 3.10. The van der Waals surface area contributed by atoms with Gasteiger partial charge in [0.15, 0.2) is 4.90 Å². The molecule has 120 valence electrons. The largest absolute Gasteiger partial charge is 0.324 e. The zero-order valence-corrected chi connectivity index (χ0v) is 13.2. The zero-order valence-electron chi connectivity index (χ0n) is 11.5. The summed E-state index contributed by atoms with van der Waals surface area (Å²) in [5, 5.41) is 0. The van der Waals surface area contributed by atoms with Crippen LogP contribution in [0.5, 0.6) is 0 Å². The molecule has 5 nitrogen and oxygen atoms in total. The van der Waals surface area contributed by atoms with E-state index in [0.29, 0.717) is 0 Å². The van der Waals surface area contributed by atoms with Crippen LogP contribution < -0.4 is 0 Å². The van der Waals surface area contributed by atoms with Crippen molar-refractivity contribution in [2.24, 2.45) is 0 Å². The third-order valence-electron chi connectivity index (χ3n) is 2.09. The van der Waals surface area contributed by atoms with E-state index in [0.717, 1.165) is 6.66 Å². The van der Waals surface area contributed by atoms with Gasteiger partial charge in [0, 0.05) is 18.8 Å². The van der Waals surface area contributed by atoms with Crippen LogP contribution in [0.2, 0.25) is 0 Å². The molecule has 10 heteroatoms. The van der Waals surface area contributed by atoms with Crippen molar-refractivity contribution in [2.75, 3.05) is 13.0 Å². The standard InChI is InChI=1S/C11H14F3O5PS/c1-7(2)19-20(3,15)6-18-21(16,17)11-9(13)4-8(12)5-10(11)14/h4-5,7H,6H2,1-3H3. The van der Waals surface area contributed by atoms with E-state index in [9.17, 15) is 26.2 Å². The van der Waals surface area contributed by atoms with Gasteiger partial charge < -0.3 is 4.52 Å². The molecule has 0 N–H and O–H groups in total. The molecule has 0 amide bonds. The third kappa shape index (κ3) is 5.10. The molecular formula is C11H14F3O5PS. The lowest BCUT2D eigenvalue weighted by molar-refractivity contribution is 0.230. The first-order valence-corrected chi connectivity index (χ1v) is 9.40. The maximum atomic E-state index is 13.4. The van der Waals surface area contributed by atoms with Crippen molar-refractivity contribution in [3.63, 3.8) is 0 Å². The molecule has 0 fully saturated rings. The second-order valence-corrected chi connectivity index (χ2v) is 8.62. The number of rotatable bonds is 6. The van der Waals surface area contributed by atoms with Gasteiger partial charge in [-0.1, -0.05) is 0 Å². The van der Waals surface area contributed by atoms with Gasteiger partial charge in [-0.3, -0.25) is 8.75 Å². The molecule has 1 unspecified atom stereocenters. The van der Waals surface area contributed by atoms with Crippen LogP contribution in [0.4, 0.5) is 13.2 Å². The normalized spacial score (nSPS) is 15.2. The first kappa shape index (κ1) is 18.2. The molecule has 0 saturated heterocycles. The van der Waals surface area contributed by atoms with E-state index >= 15 is 0 Å². The van der Waals surface area contributed by atoms with Crippen LogP contribution in [0.25, 0.3) is 0 Å².